The smallest absolute Gasteiger partial charge is 0.173 e. The average Bonchev–Trinajstić information content (AvgIpc) is 2.79. The Balaban J connectivity index is 2.02. The fraction of sp³-hybridized carbons (Fsp3) is 0.636. The monoisotopic (exact) mass is 223 g/mol. The quantitative estimate of drug-likeness (QED) is 0.755. The summed E-state index contributed by atoms with van der Waals surface area (Å²) in [6.07, 6.45) is 4.65. The Kier molecular flexibility index (Phi) is 3.69. The summed E-state index contributed by atoms with van der Waals surface area (Å²) in [5, 5.41) is 3.25. The third-order valence-corrected chi connectivity index (χ3v) is 2.84. The van der Waals surface area contributed by atoms with Gasteiger partial charge in [-0.2, -0.15) is 0 Å². The van der Waals surface area contributed by atoms with Crippen molar-refractivity contribution in [3.8, 4) is 0 Å². The SMILES string of the molecule is COC(CNc1ncnc2c1CCC2)OC. The van der Waals surface area contributed by atoms with Gasteiger partial charge in [-0.05, 0) is 19.3 Å². The first-order valence-corrected chi connectivity index (χ1v) is 5.47. The fourth-order valence-corrected chi connectivity index (χ4v) is 1.95. The topological polar surface area (TPSA) is 56.3 Å². The number of nitrogens with zero attached hydrogens (tertiary/aromatic N) is 2. The van der Waals surface area contributed by atoms with Gasteiger partial charge in [0, 0.05) is 25.5 Å². The maximum atomic E-state index is 5.11. The number of hydrogen-bond acceptors (Lipinski definition) is 5. The molecule has 0 fully saturated rings. The highest BCUT2D eigenvalue weighted by Crippen LogP contribution is 2.24. The van der Waals surface area contributed by atoms with Gasteiger partial charge in [0.1, 0.15) is 12.1 Å². The van der Waals surface area contributed by atoms with Crippen molar-refractivity contribution >= 4 is 5.82 Å². The summed E-state index contributed by atoms with van der Waals surface area (Å²) in [6.45, 7) is 0.594. The summed E-state index contributed by atoms with van der Waals surface area (Å²) < 4.78 is 10.2. The second-order valence-electron chi connectivity index (χ2n) is 3.78. The van der Waals surface area contributed by atoms with E-state index in [1.165, 1.54) is 17.7 Å². The molecule has 5 nitrogen and oxygen atoms in total. The maximum Gasteiger partial charge on any atom is 0.173 e. The number of aryl methyl sites for hydroxylation is 1. The van der Waals surface area contributed by atoms with E-state index in [0.29, 0.717) is 6.54 Å². The summed E-state index contributed by atoms with van der Waals surface area (Å²) in [6, 6.07) is 0. The third kappa shape index (κ3) is 2.31. The number of rotatable bonds is 5. The van der Waals surface area contributed by atoms with Gasteiger partial charge in [-0.1, -0.05) is 0 Å². The molecule has 0 aromatic carbocycles. The molecule has 5 heteroatoms. The molecule has 88 valence electrons. The van der Waals surface area contributed by atoms with E-state index in [2.05, 4.69) is 15.3 Å². The van der Waals surface area contributed by atoms with E-state index >= 15 is 0 Å². The average molecular weight is 223 g/mol. The lowest BCUT2D eigenvalue weighted by Crippen LogP contribution is -2.24. The Hall–Kier alpha value is -1.20. The van der Waals surface area contributed by atoms with Gasteiger partial charge in [-0.25, -0.2) is 9.97 Å². The first kappa shape index (κ1) is 11.3. The number of fused-ring (bicyclic) bond motifs is 1. The Morgan fingerprint density at radius 3 is 2.88 bits per heavy atom. The molecule has 1 N–H and O–H groups in total. The zero-order chi connectivity index (χ0) is 11.4. The summed E-state index contributed by atoms with van der Waals surface area (Å²) in [5.41, 5.74) is 2.41. The van der Waals surface area contributed by atoms with Crippen molar-refractivity contribution in [2.24, 2.45) is 0 Å². The Labute approximate surface area is 95.2 Å². The van der Waals surface area contributed by atoms with Crippen LogP contribution >= 0.6 is 0 Å². The van der Waals surface area contributed by atoms with Crippen LogP contribution in [0.1, 0.15) is 17.7 Å². The van der Waals surface area contributed by atoms with Crippen molar-refractivity contribution in [3.05, 3.63) is 17.6 Å². The minimum Gasteiger partial charge on any atom is -0.365 e. The highest BCUT2D eigenvalue weighted by atomic mass is 16.7. The van der Waals surface area contributed by atoms with Gasteiger partial charge in [0.2, 0.25) is 0 Å². The van der Waals surface area contributed by atoms with Gasteiger partial charge in [0.25, 0.3) is 0 Å². The lowest BCUT2D eigenvalue weighted by atomic mass is 10.2. The van der Waals surface area contributed by atoms with E-state index < -0.39 is 0 Å². The summed E-state index contributed by atoms with van der Waals surface area (Å²) in [4.78, 5) is 8.53. The molecule has 1 aromatic rings. The zero-order valence-electron chi connectivity index (χ0n) is 9.69. The molecule has 16 heavy (non-hydrogen) atoms. The van der Waals surface area contributed by atoms with Gasteiger partial charge in [0.15, 0.2) is 6.29 Å². The first-order valence-electron chi connectivity index (χ1n) is 5.47. The number of hydrogen-bond donors (Lipinski definition) is 1. The fourth-order valence-electron chi connectivity index (χ4n) is 1.95. The van der Waals surface area contributed by atoms with Crippen molar-refractivity contribution in [3.63, 3.8) is 0 Å². The van der Waals surface area contributed by atoms with Crippen LogP contribution in [0.4, 0.5) is 5.82 Å². The normalized spacial score (nSPS) is 14.2. The molecule has 1 aliphatic carbocycles. The molecule has 0 radical (unpaired) electrons. The predicted octanol–water partition coefficient (Wildman–Crippen LogP) is 0.996. The number of methoxy groups -OCH3 is 2. The number of aromatic nitrogens is 2. The summed E-state index contributed by atoms with van der Waals surface area (Å²) >= 11 is 0. The molecular formula is C11H17N3O2. The molecule has 0 amide bonds. The molecule has 1 aromatic heterocycles. The Bertz CT molecular complexity index is 353. The van der Waals surface area contributed by atoms with Crippen molar-refractivity contribution in [2.45, 2.75) is 25.6 Å². The van der Waals surface area contributed by atoms with Crippen LogP contribution in [0.15, 0.2) is 6.33 Å². The van der Waals surface area contributed by atoms with Gasteiger partial charge in [-0.3, -0.25) is 0 Å². The number of anilines is 1. The van der Waals surface area contributed by atoms with Gasteiger partial charge in [-0.15, -0.1) is 0 Å². The Morgan fingerprint density at radius 2 is 2.12 bits per heavy atom. The molecule has 1 aliphatic rings. The first-order chi connectivity index (χ1) is 7.85. The third-order valence-electron chi connectivity index (χ3n) is 2.84. The molecule has 1 heterocycles. The zero-order valence-corrected chi connectivity index (χ0v) is 9.69. The molecule has 0 saturated carbocycles. The highest BCUT2D eigenvalue weighted by Gasteiger charge is 2.17. The standard InChI is InChI=1S/C11H17N3O2/c1-15-10(16-2)6-12-11-8-4-3-5-9(8)13-7-14-11/h7,10H,3-6H2,1-2H3,(H,12,13,14). The minimum atomic E-state index is -0.244. The Morgan fingerprint density at radius 1 is 1.31 bits per heavy atom. The van der Waals surface area contributed by atoms with Crippen LogP contribution in [0.2, 0.25) is 0 Å². The highest BCUT2D eigenvalue weighted by molar-refractivity contribution is 5.47. The largest absolute Gasteiger partial charge is 0.365 e. The summed E-state index contributed by atoms with van der Waals surface area (Å²) in [7, 11) is 3.25. The van der Waals surface area contributed by atoms with Crippen molar-refractivity contribution in [1.82, 2.24) is 9.97 Å². The lowest BCUT2D eigenvalue weighted by molar-refractivity contribution is -0.0914. The van der Waals surface area contributed by atoms with E-state index in [9.17, 15) is 0 Å². The summed E-state index contributed by atoms with van der Waals surface area (Å²) in [5.74, 6) is 0.918. The minimum absolute atomic E-state index is 0.244. The van der Waals surface area contributed by atoms with Crippen molar-refractivity contribution < 1.29 is 9.47 Å². The van der Waals surface area contributed by atoms with Crippen LogP contribution in [0.25, 0.3) is 0 Å². The molecule has 0 aliphatic heterocycles. The van der Waals surface area contributed by atoms with Crippen molar-refractivity contribution in [2.75, 3.05) is 26.1 Å². The molecule has 0 spiro atoms. The molecule has 0 saturated heterocycles. The van der Waals surface area contributed by atoms with E-state index in [1.807, 2.05) is 0 Å². The maximum absolute atomic E-state index is 5.11. The lowest BCUT2D eigenvalue weighted by Gasteiger charge is -2.15. The number of ether oxygens (including phenoxy) is 2. The van der Waals surface area contributed by atoms with E-state index in [1.54, 1.807) is 20.5 Å². The molecule has 0 unspecified atom stereocenters. The second-order valence-corrected chi connectivity index (χ2v) is 3.78. The van der Waals surface area contributed by atoms with Gasteiger partial charge < -0.3 is 14.8 Å². The van der Waals surface area contributed by atoms with E-state index in [4.69, 9.17) is 9.47 Å². The van der Waals surface area contributed by atoms with E-state index in [0.717, 1.165) is 18.7 Å². The number of nitrogens with one attached hydrogen (secondary N) is 1. The van der Waals surface area contributed by atoms with E-state index in [-0.39, 0.29) is 6.29 Å². The van der Waals surface area contributed by atoms with Crippen LogP contribution < -0.4 is 5.32 Å². The van der Waals surface area contributed by atoms with Crippen LogP contribution in [-0.4, -0.2) is 37.0 Å². The predicted molar refractivity (Wildman–Crippen MR) is 60.4 cm³/mol. The molecule has 2 rings (SSSR count). The van der Waals surface area contributed by atoms with Crippen LogP contribution in [0.3, 0.4) is 0 Å². The van der Waals surface area contributed by atoms with Crippen molar-refractivity contribution in [1.29, 1.82) is 0 Å². The molecule has 0 bridgehead atoms. The van der Waals surface area contributed by atoms with Crippen LogP contribution in [0.5, 0.6) is 0 Å². The van der Waals surface area contributed by atoms with Gasteiger partial charge in [0.05, 0.1) is 6.54 Å². The van der Waals surface area contributed by atoms with Crippen LogP contribution in [0, 0.1) is 0 Å². The molecular weight excluding hydrogens is 206 g/mol. The van der Waals surface area contributed by atoms with Gasteiger partial charge >= 0.3 is 0 Å². The second kappa shape index (κ2) is 5.23. The van der Waals surface area contributed by atoms with Crippen LogP contribution in [-0.2, 0) is 22.3 Å². The molecule has 0 atom stereocenters.